The van der Waals surface area contributed by atoms with Crippen LogP contribution in [0.25, 0.3) is 21.1 Å². The maximum Gasteiger partial charge on any atom is 0.268 e. The van der Waals surface area contributed by atoms with Crippen LogP contribution >= 0.6 is 11.3 Å². The Labute approximate surface area is 176 Å². The largest absolute Gasteiger partial charge is 0.496 e. The van der Waals surface area contributed by atoms with E-state index in [0.29, 0.717) is 33.2 Å². The van der Waals surface area contributed by atoms with Crippen molar-refractivity contribution in [3.63, 3.8) is 0 Å². The van der Waals surface area contributed by atoms with Gasteiger partial charge in [0, 0.05) is 5.39 Å². The van der Waals surface area contributed by atoms with Crippen molar-refractivity contribution < 1.29 is 19.1 Å². The topological polar surface area (TPSA) is 105 Å². The van der Waals surface area contributed by atoms with Crippen molar-refractivity contribution in [1.82, 2.24) is 15.3 Å². The molecular formula is C21H20N4O4S. The van der Waals surface area contributed by atoms with Crippen LogP contribution in [-0.2, 0) is 4.79 Å². The van der Waals surface area contributed by atoms with E-state index in [-0.39, 0.29) is 5.91 Å². The smallest absolute Gasteiger partial charge is 0.268 e. The Morgan fingerprint density at radius 3 is 2.57 bits per heavy atom. The van der Waals surface area contributed by atoms with E-state index < -0.39 is 11.9 Å². The van der Waals surface area contributed by atoms with Crippen molar-refractivity contribution in [2.45, 2.75) is 13.0 Å². The minimum absolute atomic E-state index is 0.299. The number of hydrogen-bond acceptors (Lipinski definition) is 6. The van der Waals surface area contributed by atoms with Gasteiger partial charge in [0.05, 0.1) is 30.0 Å². The number of methoxy groups -OCH3 is 2. The molecule has 154 valence electrons. The van der Waals surface area contributed by atoms with Gasteiger partial charge in [-0.1, -0.05) is 23.5 Å². The van der Waals surface area contributed by atoms with Crippen LogP contribution in [0.3, 0.4) is 0 Å². The van der Waals surface area contributed by atoms with E-state index in [2.05, 4.69) is 20.6 Å². The van der Waals surface area contributed by atoms with E-state index in [4.69, 9.17) is 9.47 Å². The molecule has 2 heterocycles. The summed E-state index contributed by atoms with van der Waals surface area (Å²) in [6.07, 6.45) is 0. The summed E-state index contributed by atoms with van der Waals surface area (Å²) in [5, 5.41) is 6.66. The standard InChI is InChI=1S/C21H20N4O4S/c1-11(19(26)25-21-24-13-6-4-5-7-17(13)30-21)22-20(27)14-10-12-15(28-2)8-9-16(29-3)18(12)23-14/h4-11,23H,1-3H3,(H,22,27)(H,24,25,26). The highest BCUT2D eigenvalue weighted by Crippen LogP contribution is 2.33. The average molecular weight is 424 g/mol. The number of aromatic amines is 1. The molecule has 1 atom stereocenters. The van der Waals surface area contributed by atoms with Gasteiger partial charge in [-0.25, -0.2) is 4.98 Å². The minimum Gasteiger partial charge on any atom is -0.496 e. The number of ether oxygens (including phenoxy) is 2. The molecular weight excluding hydrogens is 404 g/mol. The van der Waals surface area contributed by atoms with Gasteiger partial charge in [-0.15, -0.1) is 0 Å². The molecule has 0 aliphatic rings. The van der Waals surface area contributed by atoms with Crippen LogP contribution in [-0.4, -0.2) is 42.0 Å². The molecule has 30 heavy (non-hydrogen) atoms. The van der Waals surface area contributed by atoms with Crippen LogP contribution in [0.4, 0.5) is 5.13 Å². The lowest BCUT2D eigenvalue weighted by molar-refractivity contribution is -0.117. The number of para-hydroxylation sites is 1. The Kier molecular flexibility index (Phi) is 5.28. The SMILES string of the molecule is COc1ccc(OC)c2[nH]c(C(=O)NC(C)C(=O)Nc3nc4ccccc4s3)cc12. The summed E-state index contributed by atoms with van der Waals surface area (Å²) in [4.78, 5) is 32.6. The molecule has 2 aromatic heterocycles. The second-order valence-corrected chi connectivity index (χ2v) is 7.64. The monoisotopic (exact) mass is 424 g/mol. The van der Waals surface area contributed by atoms with Crippen molar-refractivity contribution in [3.8, 4) is 11.5 Å². The van der Waals surface area contributed by atoms with Crippen LogP contribution in [0.2, 0.25) is 0 Å². The normalized spacial score (nSPS) is 12.0. The number of hydrogen-bond donors (Lipinski definition) is 3. The molecule has 8 nitrogen and oxygen atoms in total. The first-order chi connectivity index (χ1) is 14.5. The molecule has 9 heteroatoms. The number of amides is 2. The van der Waals surface area contributed by atoms with Crippen molar-refractivity contribution in [2.24, 2.45) is 0 Å². The molecule has 0 saturated heterocycles. The summed E-state index contributed by atoms with van der Waals surface area (Å²) < 4.78 is 11.7. The molecule has 0 fully saturated rings. The van der Waals surface area contributed by atoms with Gasteiger partial charge in [0.2, 0.25) is 5.91 Å². The maximum absolute atomic E-state index is 12.7. The van der Waals surface area contributed by atoms with Gasteiger partial charge in [-0.3, -0.25) is 9.59 Å². The van der Waals surface area contributed by atoms with Crippen LogP contribution in [0.1, 0.15) is 17.4 Å². The Morgan fingerprint density at radius 1 is 1.10 bits per heavy atom. The lowest BCUT2D eigenvalue weighted by atomic mass is 10.2. The average Bonchev–Trinajstić information content (AvgIpc) is 3.36. The van der Waals surface area contributed by atoms with Gasteiger partial charge in [0.1, 0.15) is 23.2 Å². The van der Waals surface area contributed by atoms with Gasteiger partial charge < -0.3 is 25.1 Å². The molecule has 0 saturated carbocycles. The zero-order chi connectivity index (χ0) is 21.3. The van der Waals surface area contributed by atoms with E-state index in [1.165, 1.54) is 11.3 Å². The Balaban J connectivity index is 1.49. The number of carbonyl (C=O) groups is 2. The third kappa shape index (κ3) is 3.67. The number of fused-ring (bicyclic) bond motifs is 2. The van der Waals surface area contributed by atoms with Crippen LogP contribution in [0, 0.1) is 0 Å². The summed E-state index contributed by atoms with van der Waals surface area (Å²) in [5.41, 5.74) is 1.76. The van der Waals surface area contributed by atoms with Gasteiger partial charge in [-0.05, 0) is 37.3 Å². The molecule has 1 unspecified atom stereocenters. The van der Waals surface area contributed by atoms with Crippen LogP contribution in [0.5, 0.6) is 11.5 Å². The van der Waals surface area contributed by atoms with E-state index in [9.17, 15) is 9.59 Å². The number of thiazole rings is 1. The zero-order valence-corrected chi connectivity index (χ0v) is 17.4. The summed E-state index contributed by atoms with van der Waals surface area (Å²) in [6, 6.07) is 12.1. The quantitative estimate of drug-likeness (QED) is 0.439. The minimum atomic E-state index is -0.764. The van der Waals surface area contributed by atoms with E-state index in [0.717, 1.165) is 10.2 Å². The van der Waals surface area contributed by atoms with Crippen LogP contribution in [0.15, 0.2) is 42.5 Å². The zero-order valence-electron chi connectivity index (χ0n) is 16.6. The maximum atomic E-state index is 12.7. The number of benzene rings is 2. The van der Waals surface area contributed by atoms with Gasteiger partial charge in [0.15, 0.2) is 5.13 Å². The first-order valence-electron chi connectivity index (χ1n) is 9.21. The summed E-state index contributed by atoms with van der Waals surface area (Å²) in [6.45, 7) is 1.62. The highest BCUT2D eigenvalue weighted by Gasteiger charge is 2.21. The fourth-order valence-electron chi connectivity index (χ4n) is 3.12. The predicted molar refractivity (Wildman–Crippen MR) is 117 cm³/mol. The fraction of sp³-hybridized carbons (Fsp3) is 0.190. The first kappa shape index (κ1) is 19.7. The Bertz CT molecular complexity index is 1170. The summed E-state index contributed by atoms with van der Waals surface area (Å²) >= 11 is 1.38. The molecule has 0 aliphatic carbocycles. The van der Waals surface area contributed by atoms with Crippen molar-refractivity contribution in [1.29, 1.82) is 0 Å². The number of nitrogens with one attached hydrogen (secondary N) is 3. The highest BCUT2D eigenvalue weighted by atomic mass is 32.1. The summed E-state index contributed by atoms with van der Waals surface area (Å²) in [7, 11) is 3.11. The third-order valence-corrected chi connectivity index (χ3v) is 5.62. The van der Waals surface area contributed by atoms with Gasteiger partial charge in [-0.2, -0.15) is 0 Å². The Morgan fingerprint density at radius 2 is 1.83 bits per heavy atom. The molecule has 2 amide bonds. The fourth-order valence-corrected chi connectivity index (χ4v) is 3.99. The van der Waals surface area contributed by atoms with Gasteiger partial charge >= 0.3 is 0 Å². The molecule has 2 aromatic carbocycles. The molecule has 4 rings (SSSR count). The number of aromatic nitrogens is 2. The number of nitrogens with zero attached hydrogens (tertiary/aromatic N) is 1. The van der Waals surface area contributed by atoms with E-state index in [1.807, 2.05) is 24.3 Å². The number of H-pyrrole nitrogens is 1. The third-order valence-electron chi connectivity index (χ3n) is 4.66. The summed E-state index contributed by atoms with van der Waals surface area (Å²) in [5.74, 6) is 0.435. The number of carbonyl (C=O) groups excluding carboxylic acids is 2. The molecule has 0 bridgehead atoms. The van der Waals surface area contributed by atoms with Gasteiger partial charge in [0.25, 0.3) is 5.91 Å². The number of rotatable bonds is 6. The lowest BCUT2D eigenvalue weighted by Crippen LogP contribution is -2.41. The molecule has 0 spiro atoms. The Hall–Kier alpha value is -3.59. The molecule has 4 aromatic rings. The predicted octanol–water partition coefficient (Wildman–Crippen LogP) is 3.55. The van der Waals surface area contributed by atoms with Crippen molar-refractivity contribution in [3.05, 3.63) is 48.2 Å². The van der Waals surface area contributed by atoms with Crippen molar-refractivity contribution in [2.75, 3.05) is 19.5 Å². The second kappa shape index (κ2) is 8.03. The second-order valence-electron chi connectivity index (χ2n) is 6.61. The molecule has 0 aliphatic heterocycles. The van der Waals surface area contributed by atoms with Crippen LogP contribution < -0.4 is 20.1 Å². The lowest BCUT2D eigenvalue weighted by Gasteiger charge is -2.12. The van der Waals surface area contributed by atoms with E-state index in [1.54, 1.807) is 39.3 Å². The molecule has 0 radical (unpaired) electrons. The molecule has 3 N–H and O–H groups in total. The highest BCUT2D eigenvalue weighted by molar-refractivity contribution is 7.22. The van der Waals surface area contributed by atoms with E-state index >= 15 is 0 Å². The number of anilines is 1. The first-order valence-corrected chi connectivity index (χ1v) is 10.0. The van der Waals surface area contributed by atoms with Crippen molar-refractivity contribution >= 4 is 49.4 Å².